The predicted octanol–water partition coefficient (Wildman–Crippen LogP) is 3.60. The maximum absolute atomic E-state index is 13.0. The highest BCUT2D eigenvalue weighted by atomic mass is 35.5. The Morgan fingerprint density at radius 3 is 2.77 bits per heavy atom. The lowest BCUT2D eigenvalue weighted by atomic mass is 10.0. The fraction of sp³-hybridized carbons (Fsp3) is 0.273. The molecule has 9 heteroatoms. The van der Waals surface area contributed by atoms with Crippen LogP contribution in [0.5, 0.6) is 0 Å². The van der Waals surface area contributed by atoms with Crippen molar-refractivity contribution in [2.24, 2.45) is 0 Å². The molecule has 0 amide bonds. The van der Waals surface area contributed by atoms with Gasteiger partial charge in [0.05, 0.1) is 5.02 Å². The zero-order valence-electron chi connectivity index (χ0n) is 17.3. The Kier molecular flexibility index (Phi) is 4.95. The van der Waals surface area contributed by atoms with Gasteiger partial charge in [0, 0.05) is 30.7 Å². The molecule has 0 fully saturated rings. The molecule has 0 saturated heterocycles. The molecule has 3 aromatic heterocycles. The number of benzene rings is 1. The van der Waals surface area contributed by atoms with Gasteiger partial charge in [-0.3, -0.25) is 4.79 Å². The van der Waals surface area contributed by atoms with E-state index in [0.717, 1.165) is 25.2 Å². The van der Waals surface area contributed by atoms with Crippen LogP contribution in [0, 0.1) is 0 Å². The Labute approximate surface area is 183 Å². The molecular weight excluding hydrogens is 414 g/mol. The van der Waals surface area contributed by atoms with E-state index in [1.165, 1.54) is 11.1 Å². The van der Waals surface area contributed by atoms with Crippen LogP contribution in [0.15, 0.2) is 47.5 Å². The normalized spacial score (nSPS) is 13.5. The summed E-state index contributed by atoms with van der Waals surface area (Å²) < 4.78 is 3.36. The molecule has 0 radical (unpaired) electrons. The Morgan fingerprint density at radius 1 is 1.13 bits per heavy atom. The van der Waals surface area contributed by atoms with E-state index >= 15 is 0 Å². The smallest absolute Gasteiger partial charge is 0.278 e. The lowest BCUT2D eigenvalue weighted by Crippen LogP contribution is -2.24. The Balaban J connectivity index is 1.61. The molecule has 4 aromatic rings. The van der Waals surface area contributed by atoms with E-state index in [4.69, 9.17) is 11.6 Å². The first kappa shape index (κ1) is 19.7. The second kappa shape index (κ2) is 7.79. The molecule has 0 saturated carbocycles. The van der Waals surface area contributed by atoms with Crippen LogP contribution in [0.4, 0.5) is 11.6 Å². The minimum absolute atomic E-state index is 0.0927. The SMILES string of the molecule is CC(C)n1c(=O)c2cnc(Nc3ccc4c(c3)CCNC4)nc2n1-c1ccc(Cl)cn1. The summed E-state index contributed by atoms with van der Waals surface area (Å²) in [6, 6.07) is 9.69. The highest BCUT2D eigenvalue weighted by Gasteiger charge is 2.20. The number of anilines is 2. The van der Waals surface area contributed by atoms with Crippen LogP contribution in [-0.4, -0.2) is 30.9 Å². The van der Waals surface area contributed by atoms with Crippen LogP contribution in [0.2, 0.25) is 5.02 Å². The number of nitrogens with zero attached hydrogens (tertiary/aromatic N) is 5. The molecule has 2 N–H and O–H groups in total. The van der Waals surface area contributed by atoms with Crippen molar-refractivity contribution in [1.82, 2.24) is 29.6 Å². The fourth-order valence-electron chi connectivity index (χ4n) is 3.92. The molecular formula is C22H22ClN7O. The molecule has 0 aliphatic carbocycles. The van der Waals surface area contributed by atoms with Crippen molar-refractivity contribution in [2.45, 2.75) is 32.9 Å². The van der Waals surface area contributed by atoms with Gasteiger partial charge < -0.3 is 10.6 Å². The zero-order valence-corrected chi connectivity index (χ0v) is 18.0. The van der Waals surface area contributed by atoms with E-state index in [0.29, 0.717) is 27.8 Å². The molecule has 1 aliphatic heterocycles. The van der Waals surface area contributed by atoms with E-state index in [1.54, 1.807) is 33.9 Å². The second-order valence-electron chi connectivity index (χ2n) is 7.86. The van der Waals surface area contributed by atoms with E-state index in [-0.39, 0.29) is 11.6 Å². The monoisotopic (exact) mass is 435 g/mol. The molecule has 8 nitrogen and oxygen atoms in total. The Hall–Kier alpha value is -3.23. The van der Waals surface area contributed by atoms with Crippen molar-refractivity contribution in [1.29, 1.82) is 0 Å². The van der Waals surface area contributed by atoms with Gasteiger partial charge in [0.1, 0.15) is 5.39 Å². The van der Waals surface area contributed by atoms with Gasteiger partial charge in [-0.25, -0.2) is 19.3 Å². The summed E-state index contributed by atoms with van der Waals surface area (Å²) in [6.07, 6.45) is 4.12. The van der Waals surface area contributed by atoms with Crippen LogP contribution < -0.4 is 16.2 Å². The molecule has 4 heterocycles. The number of nitrogens with one attached hydrogen (secondary N) is 2. The van der Waals surface area contributed by atoms with Crippen LogP contribution in [0.25, 0.3) is 16.9 Å². The average molecular weight is 436 g/mol. The quantitative estimate of drug-likeness (QED) is 0.509. The first-order valence-corrected chi connectivity index (χ1v) is 10.6. The molecule has 0 bridgehead atoms. The van der Waals surface area contributed by atoms with Crippen molar-refractivity contribution < 1.29 is 0 Å². The van der Waals surface area contributed by atoms with E-state index in [1.807, 2.05) is 19.9 Å². The molecule has 0 spiro atoms. The van der Waals surface area contributed by atoms with Crippen LogP contribution in [0.1, 0.15) is 31.0 Å². The van der Waals surface area contributed by atoms with E-state index in [2.05, 4.69) is 37.7 Å². The lowest BCUT2D eigenvalue weighted by Gasteiger charge is -2.18. The van der Waals surface area contributed by atoms with Gasteiger partial charge in [-0.1, -0.05) is 17.7 Å². The molecule has 5 rings (SSSR count). The summed E-state index contributed by atoms with van der Waals surface area (Å²) in [5.41, 5.74) is 3.88. The van der Waals surface area contributed by atoms with E-state index in [9.17, 15) is 4.79 Å². The predicted molar refractivity (Wildman–Crippen MR) is 121 cm³/mol. The van der Waals surface area contributed by atoms with Crippen LogP contribution in [0.3, 0.4) is 0 Å². The van der Waals surface area contributed by atoms with Crippen molar-refractivity contribution in [3.05, 3.63) is 69.2 Å². The number of pyridine rings is 1. The summed E-state index contributed by atoms with van der Waals surface area (Å²) >= 11 is 6.01. The number of fused-ring (bicyclic) bond motifs is 2. The van der Waals surface area contributed by atoms with Gasteiger partial charge in [-0.15, -0.1) is 0 Å². The minimum Gasteiger partial charge on any atom is -0.324 e. The molecule has 1 aliphatic rings. The Bertz CT molecular complexity index is 1320. The third-order valence-corrected chi connectivity index (χ3v) is 5.61. The van der Waals surface area contributed by atoms with Gasteiger partial charge >= 0.3 is 0 Å². The summed E-state index contributed by atoms with van der Waals surface area (Å²) in [7, 11) is 0. The first-order chi connectivity index (χ1) is 15.0. The van der Waals surface area contributed by atoms with E-state index < -0.39 is 0 Å². The number of hydrogen-bond donors (Lipinski definition) is 2. The topological polar surface area (TPSA) is 89.7 Å². The average Bonchev–Trinajstić information content (AvgIpc) is 3.06. The third-order valence-electron chi connectivity index (χ3n) is 5.39. The van der Waals surface area contributed by atoms with Crippen molar-refractivity contribution in [3.63, 3.8) is 0 Å². The highest BCUT2D eigenvalue weighted by Crippen LogP contribution is 2.23. The summed E-state index contributed by atoms with van der Waals surface area (Å²) in [5, 5.41) is 7.62. The summed E-state index contributed by atoms with van der Waals surface area (Å²) in [6.45, 7) is 5.76. The lowest BCUT2D eigenvalue weighted by molar-refractivity contribution is 0.472. The molecule has 1 aromatic carbocycles. The van der Waals surface area contributed by atoms with Gasteiger partial charge in [0.15, 0.2) is 11.5 Å². The van der Waals surface area contributed by atoms with Gasteiger partial charge in [-0.05, 0) is 62.2 Å². The van der Waals surface area contributed by atoms with Crippen molar-refractivity contribution in [2.75, 3.05) is 11.9 Å². The molecule has 158 valence electrons. The van der Waals surface area contributed by atoms with Crippen LogP contribution >= 0.6 is 11.6 Å². The van der Waals surface area contributed by atoms with Crippen molar-refractivity contribution in [3.8, 4) is 5.82 Å². The van der Waals surface area contributed by atoms with Gasteiger partial charge in [-0.2, -0.15) is 4.98 Å². The maximum atomic E-state index is 13.0. The molecule has 31 heavy (non-hydrogen) atoms. The molecule has 0 unspecified atom stereocenters. The number of halogens is 1. The maximum Gasteiger partial charge on any atom is 0.278 e. The fourth-order valence-corrected chi connectivity index (χ4v) is 4.04. The number of rotatable bonds is 4. The van der Waals surface area contributed by atoms with Crippen molar-refractivity contribution >= 4 is 34.3 Å². The number of aromatic nitrogens is 5. The highest BCUT2D eigenvalue weighted by molar-refractivity contribution is 6.30. The van der Waals surface area contributed by atoms with Gasteiger partial charge in [0.25, 0.3) is 5.56 Å². The largest absolute Gasteiger partial charge is 0.324 e. The zero-order chi connectivity index (χ0) is 21.5. The van der Waals surface area contributed by atoms with Crippen LogP contribution in [-0.2, 0) is 13.0 Å². The van der Waals surface area contributed by atoms with Gasteiger partial charge in [0.2, 0.25) is 5.95 Å². The first-order valence-electron chi connectivity index (χ1n) is 10.2. The second-order valence-corrected chi connectivity index (χ2v) is 8.29. The summed E-state index contributed by atoms with van der Waals surface area (Å²) in [5.74, 6) is 0.987. The summed E-state index contributed by atoms with van der Waals surface area (Å²) in [4.78, 5) is 26.5. The number of hydrogen-bond acceptors (Lipinski definition) is 6. The minimum atomic E-state index is -0.158. The molecule has 0 atom stereocenters. The standard InChI is InChI=1S/C22H22ClN7O/c1-13(2)29-21(31)18-12-26-22(27-17-5-3-15-10-24-8-7-14(15)9-17)28-20(18)30(29)19-6-4-16(23)11-25-19/h3-6,9,11-13,24H,7-8,10H2,1-2H3,(H,26,27,28). The third kappa shape index (κ3) is 3.58. The Morgan fingerprint density at radius 2 is 2.00 bits per heavy atom.